The third kappa shape index (κ3) is 2.97. The van der Waals surface area contributed by atoms with Crippen molar-refractivity contribution in [2.24, 2.45) is 0 Å². The van der Waals surface area contributed by atoms with Crippen molar-refractivity contribution in [2.45, 2.75) is 27.7 Å². The number of fused-ring (bicyclic) bond motifs is 1. The molecule has 0 fully saturated rings. The fourth-order valence-corrected chi connectivity index (χ4v) is 4.17. The van der Waals surface area contributed by atoms with Crippen LogP contribution in [0.25, 0.3) is 21.3 Å². The highest BCUT2D eigenvalue weighted by Crippen LogP contribution is 2.41. The van der Waals surface area contributed by atoms with Crippen molar-refractivity contribution >= 4 is 33.1 Å². The molecule has 0 bridgehead atoms. The molecule has 0 aliphatic carbocycles. The maximum atomic E-state index is 4.55. The molecule has 0 spiro atoms. The largest absolute Gasteiger partial charge is 0.340 e. The van der Waals surface area contributed by atoms with Gasteiger partial charge in [-0.2, -0.15) is 0 Å². The molecule has 0 atom stereocenters. The summed E-state index contributed by atoms with van der Waals surface area (Å²) in [5.74, 6) is 0.858. The second-order valence-electron chi connectivity index (χ2n) is 6.73. The lowest BCUT2D eigenvalue weighted by molar-refractivity contribution is 1.23. The molecular formula is C22H21N3S. The van der Waals surface area contributed by atoms with Crippen molar-refractivity contribution in [3.63, 3.8) is 0 Å². The Hall–Kier alpha value is -2.72. The third-order valence-electron chi connectivity index (χ3n) is 4.77. The predicted octanol–water partition coefficient (Wildman–Crippen LogP) is 6.34. The molecule has 0 unspecified atom stereocenters. The molecule has 0 saturated carbocycles. The topological polar surface area (TPSA) is 37.8 Å². The van der Waals surface area contributed by atoms with Gasteiger partial charge in [-0.1, -0.05) is 35.9 Å². The van der Waals surface area contributed by atoms with Gasteiger partial charge in [-0.3, -0.25) is 0 Å². The molecule has 2 aromatic heterocycles. The Morgan fingerprint density at radius 1 is 0.846 bits per heavy atom. The Bertz CT molecular complexity index is 1090. The summed E-state index contributed by atoms with van der Waals surface area (Å²) in [5, 5.41) is 4.58. The molecule has 0 aliphatic heterocycles. The number of rotatable bonds is 3. The zero-order valence-electron chi connectivity index (χ0n) is 15.4. The minimum atomic E-state index is 0.858. The zero-order valence-corrected chi connectivity index (χ0v) is 16.2. The molecule has 3 nitrogen and oxygen atoms in total. The van der Waals surface area contributed by atoms with Crippen molar-refractivity contribution in [1.82, 2.24) is 9.97 Å². The number of hydrogen-bond acceptors (Lipinski definition) is 4. The highest BCUT2D eigenvalue weighted by atomic mass is 32.1. The van der Waals surface area contributed by atoms with E-state index in [9.17, 15) is 0 Å². The van der Waals surface area contributed by atoms with Crippen molar-refractivity contribution in [3.05, 3.63) is 70.4 Å². The van der Waals surface area contributed by atoms with Gasteiger partial charge in [0, 0.05) is 16.1 Å². The van der Waals surface area contributed by atoms with Crippen LogP contribution in [-0.2, 0) is 0 Å². The van der Waals surface area contributed by atoms with E-state index in [4.69, 9.17) is 0 Å². The number of aromatic nitrogens is 2. The monoisotopic (exact) mass is 359 g/mol. The van der Waals surface area contributed by atoms with Crippen LogP contribution in [0.4, 0.5) is 11.5 Å². The summed E-state index contributed by atoms with van der Waals surface area (Å²) in [5.41, 5.74) is 7.32. The molecule has 0 saturated heterocycles. The van der Waals surface area contributed by atoms with Crippen molar-refractivity contribution < 1.29 is 0 Å². The van der Waals surface area contributed by atoms with Gasteiger partial charge < -0.3 is 5.32 Å². The van der Waals surface area contributed by atoms with E-state index in [-0.39, 0.29) is 0 Å². The molecule has 26 heavy (non-hydrogen) atoms. The molecule has 0 aliphatic rings. The molecule has 2 heterocycles. The van der Waals surface area contributed by atoms with Crippen molar-refractivity contribution in [2.75, 3.05) is 5.32 Å². The lowest BCUT2D eigenvalue weighted by atomic mass is 9.99. The second-order valence-corrected chi connectivity index (χ2v) is 7.93. The molecule has 1 N–H and O–H groups in total. The Kier molecular flexibility index (Phi) is 4.21. The third-order valence-corrected chi connectivity index (χ3v) is 5.79. The van der Waals surface area contributed by atoms with E-state index in [1.807, 2.05) is 0 Å². The number of benzene rings is 2. The predicted molar refractivity (Wildman–Crippen MR) is 112 cm³/mol. The Morgan fingerprint density at radius 3 is 2.35 bits per heavy atom. The molecule has 0 radical (unpaired) electrons. The van der Waals surface area contributed by atoms with Gasteiger partial charge in [-0.05, 0) is 56.5 Å². The summed E-state index contributed by atoms with van der Waals surface area (Å²) in [6.45, 7) is 8.55. The van der Waals surface area contributed by atoms with E-state index in [1.54, 1.807) is 17.7 Å². The first-order valence-electron chi connectivity index (χ1n) is 8.68. The maximum absolute atomic E-state index is 4.55. The van der Waals surface area contributed by atoms with Crippen LogP contribution in [0.2, 0.25) is 0 Å². The van der Waals surface area contributed by atoms with Crippen molar-refractivity contribution in [3.8, 4) is 11.1 Å². The molecule has 0 amide bonds. The Balaban J connectivity index is 1.89. The minimum Gasteiger partial charge on any atom is -0.340 e. The normalized spacial score (nSPS) is 11.1. The SMILES string of the molecule is Cc1ccc(Nc2ncnc3sc(C)c(-c4ccc(C)c(C)c4)c23)cc1. The van der Waals surface area contributed by atoms with E-state index in [1.165, 1.54) is 32.7 Å². The fraction of sp³-hybridized carbons (Fsp3) is 0.182. The van der Waals surface area contributed by atoms with E-state index >= 15 is 0 Å². The van der Waals surface area contributed by atoms with Crippen LogP contribution in [0.1, 0.15) is 21.6 Å². The first-order valence-corrected chi connectivity index (χ1v) is 9.50. The van der Waals surface area contributed by atoms with Crippen LogP contribution < -0.4 is 5.32 Å². The van der Waals surface area contributed by atoms with Crippen LogP contribution in [0.5, 0.6) is 0 Å². The zero-order chi connectivity index (χ0) is 18.3. The Morgan fingerprint density at radius 2 is 1.62 bits per heavy atom. The van der Waals surface area contributed by atoms with Gasteiger partial charge in [0.1, 0.15) is 17.0 Å². The molecule has 4 rings (SSSR count). The summed E-state index contributed by atoms with van der Waals surface area (Å²) < 4.78 is 0. The maximum Gasteiger partial charge on any atom is 0.143 e. The quantitative estimate of drug-likeness (QED) is 0.464. The Labute approximate surface area is 157 Å². The number of anilines is 2. The summed E-state index contributed by atoms with van der Waals surface area (Å²) in [6.07, 6.45) is 1.64. The molecule has 130 valence electrons. The molecule has 4 aromatic rings. The van der Waals surface area contributed by atoms with Crippen LogP contribution in [0.15, 0.2) is 48.8 Å². The number of nitrogens with zero attached hydrogens (tertiary/aromatic N) is 2. The number of hydrogen-bond donors (Lipinski definition) is 1. The molecular weight excluding hydrogens is 338 g/mol. The van der Waals surface area contributed by atoms with Crippen LogP contribution in [0, 0.1) is 27.7 Å². The smallest absolute Gasteiger partial charge is 0.143 e. The van der Waals surface area contributed by atoms with E-state index in [0.717, 1.165) is 21.7 Å². The highest BCUT2D eigenvalue weighted by Gasteiger charge is 2.17. The van der Waals surface area contributed by atoms with Gasteiger partial charge in [-0.25, -0.2) is 9.97 Å². The summed E-state index contributed by atoms with van der Waals surface area (Å²) in [7, 11) is 0. The summed E-state index contributed by atoms with van der Waals surface area (Å²) >= 11 is 1.72. The lowest BCUT2D eigenvalue weighted by Crippen LogP contribution is -1.96. The first-order chi connectivity index (χ1) is 12.5. The number of nitrogens with one attached hydrogen (secondary N) is 1. The van der Waals surface area contributed by atoms with E-state index in [2.05, 4.69) is 85.4 Å². The lowest BCUT2D eigenvalue weighted by Gasteiger charge is -2.10. The van der Waals surface area contributed by atoms with Gasteiger partial charge in [0.2, 0.25) is 0 Å². The van der Waals surface area contributed by atoms with Crippen molar-refractivity contribution in [1.29, 1.82) is 0 Å². The van der Waals surface area contributed by atoms with Gasteiger partial charge in [0.05, 0.1) is 5.39 Å². The fourth-order valence-electron chi connectivity index (χ4n) is 3.16. The van der Waals surface area contributed by atoms with Gasteiger partial charge in [-0.15, -0.1) is 11.3 Å². The van der Waals surface area contributed by atoms with Gasteiger partial charge in [0.15, 0.2) is 0 Å². The highest BCUT2D eigenvalue weighted by molar-refractivity contribution is 7.19. The van der Waals surface area contributed by atoms with Crippen LogP contribution in [0.3, 0.4) is 0 Å². The van der Waals surface area contributed by atoms with E-state index < -0.39 is 0 Å². The number of thiophene rings is 1. The average Bonchev–Trinajstić information content (AvgIpc) is 2.96. The number of aryl methyl sites for hydroxylation is 4. The van der Waals surface area contributed by atoms with Crippen LogP contribution >= 0.6 is 11.3 Å². The summed E-state index contributed by atoms with van der Waals surface area (Å²) in [6, 6.07) is 15.0. The van der Waals surface area contributed by atoms with Gasteiger partial charge >= 0.3 is 0 Å². The molecule has 4 heteroatoms. The summed E-state index contributed by atoms with van der Waals surface area (Å²) in [4.78, 5) is 11.3. The first kappa shape index (κ1) is 16.7. The second kappa shape index (κ2) is 6.54. The standard InChI is InChI=1S/C22H21N3S/c1-13-5-9-18(10-6-13)25-21-20-19(16(4)26-22(20)24-12-23-21)17-8-7-14(2)15(3)11-17/h5-12H,1-4H3,(H,23,24,25). The van der Waals surface area contributed by atoms with Crippen LogP contribution in [-0.4, -0.2) is 9.97 Å². The van der Waals surface area contributed by atoms with E-state index in [0.29, 0.717) is 0 Å². The average molecular weight is 359 g/mol. The minimum absolute atomic E-state index is 0.858. The van der Waals surface area contributed by atoms with Gasteiger partial charge in [0.25, 0.3) is 0 Å². The molecule has 2 aromatic carbocycles.